The van der Waals surface area contributed by atoms with Gasteiger partial charge in [0.25, 0.3) is 5.56 Å². The summed E-state index contributed by atoms with van der Waals surface area (Å²) in [4.78, 5) is 43.8. The van der Waals surface area contributed by atoms with E-state index in [0.717, 1.165) is 18.4 Å². The highest BCUT2D eigenvalue weighted by molar-refractivity contribution is 7.07. The lowest BCUT2D eigenvalue weighted by Gasteiger charge is -2.25. The Balaban J connectivity index is 1.86. The van der Waals surface area contributed by atoms with E-state index in [1.54, 1.807) is 45.2 Å². The van der Waals surface area contributed by atoms with Gasteiger partial charge in [0, 0.05) is 6.92 Å². The van der Waals surface area contributed by atoms with Gasteiger partial charge in [-0.3, -0.25) is 14.2 Å². The molecule has 0 unspecified atom stereocenters. The van der Waals surface area contributed by atoms with Gasteiger partial charge in [-0.2, -0.15) is 0 Å². The maximum atomic E-state index is 13.9. The predicted molar refractivity (Wildman–Crippen MR) is 158 cm³/mol. The number of allylic oxidation sites excluding steroid dienone is 1. The van der Waals surface area contributed by atoms with Crippen molar-refractivity contribution in [1.82, 2.24) is 4.57 Å². The number of carbonyl (C=O) groups excluding carboxylic acids is 2. The summed E-state index contributed by atoms with van der Waals surface area (Å²) in [7, 11) is 3.01. The smallest absolute Gasteiger partial charge is 0.338 e. The number of ether oxygens (including phenoxy) is 5. The van der Waals surface area contributed by atoms with E-state index < -0.39 is 18.0 Å². The van der Waals surface area contributed by atoms with Crippen molar-refractivity contribution in [3.05, 3.63) is 78.5 Å². The molecule has 0 fully saturated rings. The van der Waals surface area contributed by atoms with Crippen molar-refractivity contribution in [1.29, 1.82) is 0 Å². The standard InChI is InChI=1S/C31H34N2O8S/c1-7-9-14-40-22-12-10-20(15-24(22)37-5)16-26-29(35)33-28(21-11-13-23(41-19(4)34)25(17-21)38-6)27(30(36)39-8-2)18(3)32-31(33)42-26/h10-13,15-17,28H,7-9,14H2,1-6H3/b26-16+/t28-/m0/s1. The minimum absolute atomic E-state index is 0.154. The van der Waals surface area contributed by atoms with Crippen LogP contribution in [0.25, 0.3) is 6.08 Å². The normalized spacial score (nSPS) is 14.6. The van der Waals surface area contributed by atoms with Crippen LogP contribution in [0.1, 0.15) is 57.7 Å². The highest BCUT2D eigenvalue weighted by Gasteiger charge is 2.34. The zero-order valence-electron chi connectivity index (χ0n) is 24.5. The molecule has 4 rings (SSSR count). The predicted octanol–water partition coefficient (Wildman–Crippen LogP) is 3.92. The first-order valence-corrected chi connectivity index (χ1v) is 14.4. The summed E-state index contributed by atoms with van der Waals surface area (Å²) in [5.41, 5.74) is 1.63. The van der Waals surface area contributed by atoms with Crippen molar-refractivity contribution in [3.63, 3.8) is 0 Å². The molecule has 1 aliphatic heterocycles. The minimum atomic E-state index is -0.855. The number of fused-ring (bicyclic) bond motifs is 1. The van der Waals surface area contributed by atoms with Gasteiger partial charge in [0.05, 0.1) is 49.3 Å². The molecule has 0 saturated carbocycles. The van der Waals surface area contributed by atoms with Crippen LogP contribution in [0.4, 0.5) is 0 Å². The van der Waals surface area contributed by atoms with E-state index in [1.807, 2.05) is 18.2 Å². The molecule has 222 valence electrons. The molecule has 1 atom stereocenters. The van der Waals surface area contributed by atoms with E-state index >= 15 is 0 Å². The Morgan fingerprint density at radius 1 is 1.02 bits per heavy atom. The van der Waals surface area contributed by atoms with Gasteiger partial charge in [-0.15, -0.1) is 0 Å². The van der Waals surface area contributed by atoms with Crippen LogP contribution in [0.15, 0.2) is 57.5 Å². The zero-order chi connectivity index (χ0) is 30.4. The van der Waals surface area contributed by atoms with E-state index in [2.05, 4.69) is 11.9 Å². The van der Waals surface area contributed by atoms with Gasteiger partial charge in [0.2, 0.25) is 0 Å². The number of benzene rings is 2. The molecule has 0 aliphatic carbocycles. The Kier molecular flexibility index (Phi) is 9.84. The largest absolute Gasteiger partial charge is 0.493 e. The molecule has 1 aromatic heterocycles. The maximum absolute atomic E-state index is 13.9. The lowest BCUT2D eigenvalue weighted by molar-refractivity contribution is -0.139. The monoisotopic (exact) mass is 594 g/mol. The summed E-state index contributed by atoms with van der Waals surface area (Å²) in [5, 5.41) is 0. The van der Waals surface area contributed by atoms with E-state index in [-0.39, 0.29) is 29.2 Å². The number of methoxy groups -OCH3 is 2. The second kappa shape index (κ2) is 13.5. The highest BCUT2D eigenvalue weighted by Crippen LogP contribution is 2.36. The topological polar surface area (TPSA) is 115 Å². The van der Waals surface area contributed by atoms with Gasteiger partial charge < -0.3 is 23.7 Å². The van der Waals surface area contributed by atoms with Gasteiger partial charge in [-0.05, 0) is 61.7 Å². The molecule has 0 spiro atoms. The minimum Gasteiger partial charge on any atom is -0.493 e. The van der Waals surface area contributed by atoms with Crippen LogP contribution in [0, 0.1) is 0 Å². The second-order valence-corrected chi connectivity index (χ2v) is 10.4. The van der Waals surface area contributed by atoms with Crippen molar-refractivity contribution in [2.45, 2.75) is 46.6 Å². The molecule has 0 saturated heterocycles. The molecular weight excluding hydrogens is 560 g/mol. The van der Waals surface area contributed by atoms with Crippen molar-refractivity contribution in [2.24, 2.45) is 4.99 Å². The van der Waals surface area contributed by atoms with E-state index in [0.29, 0.717) is 38.7 Å². The Morgan fingerprint density at radius 3 is 2.40 bits per heavy atom. The Labute approximate surface area is 247 Å². The molecular formula is C31H34N2O8S. The summed E-state index contributed by atoms with van der Waals surface area (Å²) in [5.74, 6) is 0.599. The number of thiazole rings is 1. The number of esters is 2. The molecule has 2 heterocycles. The van der Waals surface area contributed by atoms with Crippen molar-refractivity contribution >= 4 is 29.4 Å². The first kappa shape index (κ1) is 30.6. The molecule has 1 aliphatic rings. The van der Waals surface area contributed by atoms with Crippen LogP contribution >= 0.6 is 11.3 Å². The number of carbonyl (C=O) groups is 2. The first-order valence-electron chi connectivity index (χ1n) is 13.6. The number of hydrogen-bond acceptors (Lipinski definition) is 10. The van der Waals surface area contributed by atoms with Crippen LogP contribution < -0.4 is 33.8 Å². The van der Waals surface area contributed by atoms with Crippen LogP contribution in [-0.2, 0) is 14.3 Å². The van der Waals surface area contributed by atoms with Gasteiger partial charge in [-0.25, -0.2) is 9.79 Å². The van der Waals surface area contributed by atoms with Crippen LogP contribution in [0.5, 0.6) is 23.0 Å². The second-order valence-electron chi connectivity index (χ2n) is 9.42. The molecule has 0 radical (unpaired) electrons. The summed E-state index contributed by atoms with van der Waals surface area (Å²) < 4.78 is 29.3. The summed E-state index contributed by atoms with van der Waals surface area (Å²) in [6.45, 7) is 7.54. The van der Waals surface area contributed by atoms with Crippen molar-refractivity contribution in [2.75, 3.05) is 27.4 Å². The van der Waals surface area contributed by atoms with Crippen LogP contribution in [0.3, 0.4) is 0 Å². The fourth-order valence-electron chi connectivity index (χ4n) is 4.57. The van der Waals surface area contributed by atoms with E-state index in [1.165, 1.54) is 29.9 Å². The Bertz CT molecular complexity index is 1700. The molecule has 2 aromatic carbocycles. The average molecular weight is 595 g/mol. The molecule has 0 amide bonds. The van der Waals surface area contributed by atoms with Crippen LogP contribution in [0.2, 0.25) is 0 Å². The maximum Gasteiger partial charge on any atom is 0.338 e. The number of unbranched alkanes of at least 4 members (excludes halogenated alkanes) is 1. The number of aromatic nitrogens is 1. The molecule has 10 nitrogen and oxygen atoms in total. The number of hydrogen-bond donors (Lipinski definition) is 0. The zero-order valence-corrected chi connectivity index (χ0v) is 25.3. The highest BCUT2D eigenvalue weighted by atomic mass is 32.1. The first-order chi connectivity index (χ1) is 20.2. The molecule has 3 aromatic rings. The average Bonchev–Trinajstić information content (AvgIpc) is 3.26. The van der Waals surface area contributed by atoms with Gasteiger partial charge in [-0.1, -0.05) is 36.8 Å². The van der Waals surface area contributed by atoms with Crippen molar-refractivity contribution in [3.8, 4) is 23.0 Å². The number of rotatable bonds is 11. The Hall–Kier alpha value is -4.38. The quantitative estimate of drug-likeness (QED) is 0.187. The Morgan fingerprint density at radius 2 is 1.74 bits per heavy atom. The van der Waals surface area contributed by atoms with Gasteiger partial charge >= 0.3 is 11.9 Å². The third-order valence-electron chi connectivity index (χ3n) is 6.52. The van der Waals surface area contributed by atoms with E-state index in [9.17, 15) is 14.4 Å². The molecule has 42 heavy (non-hydrogen) atoms. The third kappa shape index (κ3) is 6.41. The molecule has 0 N–H and O–H groups in total. The SMILES string of the molecule is CCCCOc1ccc(/C=c2/sc3n(c2=O)[C@@H](c2ccc(OC(C)=O)c(OC)c2)C(C(=O)OCC)=C(C)N=3)cc1OC. The fraction of sp³-hybridized carbons (Fsp3) is 0.355. The third-order valence-corrected chi connectivity index (χ3v) is 7.50. The summed E-state index contributed by atoms with van der Waals surface area (Å²) in [6, 6.07) is 9.52. The lowest BCUT2D eigenvalue weighted by atomic mass is 9.95. The molecule has 11 heteroatoms. The fourth-order valence-corrected chi connectivity index (χ4v) is 5.62. The van der Waals surface area contributed by atoms with Crippen molar-refractivity contribution < 1.29 is 33.3 Å². The number of nitrogens with zero attached hydrogens (tertiary/aromatic N) is 2. The van der Waals surface area contributed by atoms with Gasteiger partial charge in [0.1, 0.15) is 0 Å². The lowest BCUT2D eigenvalue weighted by Crippen LogP contribution is -2.40. The molecule has 0 bridgehead atoms. The van der Waals surface area contributed by atoms with Crippen LogP contribution in [-0.4, -0.2) is 43.9 Å². The van der Waals surface area contributed by atoms with Gasteiger partial charge in [0.15, 0.2) is 27.8 Å². The summed E-state index contributed by atoms with van der Waals surface area (Å²) >= 11 is 1.21. The summed E-state index contributed by atoms with van der Waals surface area (Å²) in [6.07, 6.45) is 3.70. The van der Waals surface area contributed by atoms with E-state index in [4.69, 9.17) is 23.7 Å².